The summed E-state index contributed by atoms with van der Waals surface area (Å²) < 4.78 is 27.7. The molecule has 2 nitrogen and oxygen atoms in total. The number of halogens is 2. The average molecular weight is 271 g/mol. The van der Waals surface area contributed by atoms with E-state index in [1.807, 2.05) is 0 Å². The molecule has 0 amide bonds. The maximum Gasteiger partial charge on any atom is 0.182 e. The number of Topliss-reactive ketones (excluding diaryl/α,β-unsaturated/α-hetero) is 1. The van der Waals surface area contributed by atoms with Gasteiger partial charge in [-0.3, -0.25) is 4.79 Å². The molecule has 0 saturated heterocycles. The predicted octanol–water partition coefficient (Wildman–Crippen LogP) is 3.80. The summed E-state index contributed by atoms with van der Waals surface area (Å²) in [5.74, 6) is -0.796. The zero-order valence-corrected chi connectivity index (χ0v) is 10.5. The van der Waals surface area contributed by atoms with E-state index >= 15 is 0 Å². The van der Waals surface area contributed by atoms with Gasteiger partial charge in [0.2, 0.25) is 0 Å². The zero-order valence-electron chi connectivity index (χ0n) is 10.5. The molecular formula is C16H11F2NO. The van der Waals surface area contributed by atoms with Gasteiger partial charge in [-0.25, -0.2) is 8.78 Å². The molecule has 0 bridgehead atoms. The summed E-state index contributed by atoms with van der Waals surface area (Å²) in [6.45, 7) is 0.140. The number of rotatable bonds is 3. The van der Waals surface area contributed by atoms with Crippen molar-refractivity contribution in [3.63, 3.8) is 0 Å². The smallest absolute Gasteiger partial charge is 0.182 e. The highest BCUT2D eigenvalue weighted by atomic mass is 19.1. The Bertz CT molecular complexity index is 775. The number of aromatic nitrogens is 1. The number of fused-ring (bicyclic) bond motifs is 1. The van der Waals surface area contributed by atoms with Crippen LogP contribution < -0.4 is 0 Å². The summed E-state index contributed by atoms with van der Waals surface area (Å²) in [7, 11) is 0. The minimum absolute atomic E-state index is 0.119. The fraction of sp³-hybridized carbons (Fsp3) is 0.0625. The third-order valence-corrected chi connectivity index (χ3v) is 3.21. The number of nitrogens with zero attached hydrogens (tertiary/aromatic N) is 1. The van der Waals surface area contributed by atoms with Gasteiger partial charge in [-0.15, -0.1) is 0 Å². The fourth-order valence-corrected chi connectivity index (χ4v) is 2.19. The highest BCUT2D eigenvalue weighted by Crippen LogP contribution is 2.17. The Kier molecular flexibility index (Phi) is 3.06. The van der Waals surface area contributed by atoms with Crippen LogP contribution in [-0.4, -0.2) is 10.4 Å². The van der Waals surface area contributed by atoms with E-state index in [-0.39, 0.29) is 24.0 Å². The average Bonchev–Trinajstić information content (AvgIpc) is 2.81. The van der Waals surface area contributed by atoms with Gasteiger partial charge in [-0.2, -0.15) is 0 Å². The molecular weight excluding hydrogens is 260 g/mol. The summed E-state index contributed by atoms with van der Waals surface area (Å²) in [5.41, 5.74) is 1.25. The van der Waals surface area contributed by atoms with E-state index in [9.17, 15) is 13.6 Å². The molecule has 0 unspecified atom stereocenters. The second-order valence-electron chi connectivity index (χ2n) is 4.58. The topological polar surface area (TPSA) is 22.0 Å². The molecule has 0 N–H and O–H groups in total. The first kappa shape index (κ1) is 12.5. The molecule has 0 aliphatic heterocycles. The van der Waals surface area contributed by atoms with E-state index in [1.54, 1.807) is 22.9 Å². The number of carbonyl (C=O) groups excluding carboxylic acids is 1. The Morgan fingerprint density at radius 3 is 2.40 bits per heavy atom. The number of ketones is 1. The van der Waals surface area contributed by atoms with Gasteiger partial charge in [-0.1, -0.05) is 0 Å². The summed E-state index contributed by atoms with van der Waals surface area (Å²) in [4.78, 5) is 12.1. The van der Waals surface area contributed by atoms with Gasteiger partial charge in [-0.05, 0) is 48.5 Å². The lowest BCUT2D eigenvalue weighted by Crippen LogP contribution is -2.09. The van der Waals surface area contributed by atoms with Crippen molar-refractivity contribution >= 4 is 16.7 Å². The summed E-state index contributed by atoms with van der Waals surface area (Å²) in [5, 5.41) is 0.747. The van der Waals surface area contributed by atoms with Crippen molar-refractivity contribution in [2.24, 2.45) is 0 Å². The molecule has 0 saturated carbocycles. The molecule has 2 aromatic carbocycles. The maximum atomic E-state index is 13.1. The van der Waals surface area contributed by atoms with Crippen molar-refractivity contribution in [2.75, 3.05) is 0 Å². The van der Waals surface area contributed by atoms with E-state index in [1.165, 1.54) is 36.4 Å². The molecule has 0 fully saturated rings. The first-order chi connectivity index (χ1) is 9.63. The van der Waals surface area contributed by atoms with Crippen LogP contribution in [-0.2, 0) is 6.54 Å². The quantitative estimate of drug-likeness (QED) is 0.664. The van der Waals surface area contributed by atoms with E-state index < -0.39 is 0 Å². The number of carbonyl (C=O) groups is 1. The standard InChI is InChI=1S/C16H11F2NO/c17-13-3-1-11(2-4-13)16(20)10-19-8-7-12-9-14(18)5-6-15(12)19/h1-9H,10H2. The monoisotopic (exact) mass is 271 g/mol. The van der Waals surface area contributed by atoms with Crippen LogP contribution in [0.2, 0.25) is 0 Å². The summed E-state index contributed by atoms with van der Waals surface area (Å²) >= 11 is 0. The molecule has 3 aromatic rings. The minimum atomic E-state index is -0.372. The zero-order chi connectivity index (χ0) is 14.1. The molecule has 0 aliphatic carbocycles. The van der Waals surface area contributed by atoms with E-state index in [4.69, 9.17) is 0 Å². The van der Waals surface area contributed by atoms with Crippen molar-refractivity contribution in [1.82, 2.24) is 4.57 Å². The van der Waals surface area contributed by atoms with Crippen LogP contribution in [0, 0.1) is 11.6 Å². The lowest BCUT2D eigenvalue weighted by molar-refractivity contribution is 0.0973. The van der Waals surface area contributed by atoms with Crippen molar-refractivity contribution in [3.05, 3.63) is 71.9 Å². The van der Waals surface area contributed by atoms with Gasteiger partial charge in [0, 0.05) is 22.7 Å². The Hall–Kier alpha value is -2.49. The van der Waals surface area contributed by atoms with Crippen LogP contribution in [0.15, 0.2) is 54.7 Å². The highest BCUT2D eigenvalue weighted by molar-refractivity contribution is 5.96. The van der Waals surface area contributed by atoms with Crippen LogP contribution >= 0.6 is 0 Å². The molecule has 1 aromatic heterocycles. The van der Waals surface area contributed by atoms with Gasteiger partial charge >= 0.3 is 0 Å². The maximum absolute atomic E-state index is 13.1. The Morgan fingerprint density at radius 1 is 0.950 bits per heavy atom. The van der Waals surface area contributed by atoms with Crippen LogP contribution in [0.5, 0.6) is 0 Å². The third kappa shape index (κ3) is 2.32. The van der Waals surface area contributed by atoms with Crippen LogP contribution in [0.4, 0.5) is 8.78 Å². The summed E-state index contributed by atoms with van der Waals surface area (Å²) in [6, 6.07) is 11.6. The first-order valence-corrected chi connectivity index (χ1v) is 6.17. The van der Waals surface area contributed by atoms with Gasteiger partial charge < -0.3 is 4.57 Å². The fourth-order valence-electron chi connectivity index (χ4n) is 2.19. The predicted molar refractivity (Wildman–Crippen MR) is 72.6 cm³/mol. The molecule has 3 rings (SSSR count). The molecule has 20 heavy (non-hydrogen) atoms. The van der Waals surface area contributed by atoms with Crippen LogP contribution in [0.3, 0.4) is 0 Å². The molecule has 0 spiro atoms. The first-order valence-electron chi connectivity index (χ1n) is 6.17. The number of hydrogen-bond donors (Lipinski definition) is 0. The Labute approximate surface area is 114 Å². The number of benzene rings is 2. The molecule has 4 heteroatoms. The van der Waals surface area contributed by atoms with E-state index in [0.717, 1.165) is 10.9 Å². The largest absolute Gasteiger partial charge is 0.340 e. The van der Waals surface area contributed by atoms with Gasteiger partial charge in [0.15, 0.2) is 5.78 Å². The molecule has 100 valence electrons. The van der Waals surface area contributed by atoms with Crippen molar-refractivity contribution < 1.29 is 13.6 Å². The lowest BCUT2D eigenvalue weighted by Gasteiger charge is -2.05. The Morgan fingerprint density at radius 2 is 1.65 bits per heavy atom. The SMILES string of the molecule is O=C(Cn1ccc2cc(F)ccc21)c1ccc(F)cc1. The molecule has 1 heterocycles. The lowest BCUT2D eigenvalue weighted by atomic mass is 10.1. The van der Waals surface area contributed by atoms with E-state index in [2.05, 4.69) is 0 Å². The highest BCUT2D eigenvalue weighted by Gasteiger charge is 2.09. The van der Waals surface area contributed by atoms with Gasteiger partial charge in [0.25, 0.3) is 0 Å². The van der Waals surface area contributed by atoms with Crippen molar-refractivity contribution in [3.8, 4) is 0 Å². The normalized spacial score (nSPS) is 10.9. The van der Waals surface area contributed by atoms with Crippen LogP contribution in [0.1, 0.15) is 10.4 Å². The summed E-state index contributed by atoms with van der Waals surface area (Å²) in [6.07, 6.45) is 1.74. The van der Waals surface area contributed by atoms with Gasteiger partial charge in [0.1, 0.15) is 11.6 Å². The molecule has 0 radical (unpaired) electrons. The Balaban J connectivity index is 1.89. The van der Waals surface area contributed by atoms with E-state index in [0.29, 0.717) is 5.56 Å². The van der Waals surface area contributed by atoms with Gasteiger partial charge in [0.05, 0.1) is 6.54 Å². The number of hydrogen-bond acceptors (Lipinski definition) is 1. The minimum Gasteiger partial charge on any atom is -0.340 e. The van der Waals surface area contributed by atoms with Crippen LogP contribution in [0.25, 0.3) is 10.9 Å². The van der Waals surface area contributed by atoms with Crippen molar-refractivity contribution in [1.29, 1.82) is 0 Å². The second-order valence-corrected chi connectivity index (χ2v) is 4.58. The third-order valence-electron chi connectivity index (χ3n) is 3.21. The molecule has 0 aliphatic rings. The second kappa shape index (κ2) is 4.89. The molecule has 0 atom stereocenters. The van der Waals surface area contributed by atoms with Crippen molar-refractivity contribution in [2.45, 2.75) is 6.54 Å².